The van der Waals surface area contributed by atoms with E-state index < -0.39 is 22.5 Å². The zero-order valence-corrected chi connectivity index (χ0v) is 20.5. The van der Waals surface area contributed by atoms with Gasteiger partial charge in [-0.15, -0.1) is 0 Å². The monoisotopic (exact) mass is 476 g/mol. The van der Waals surface area contributed by atoms with Crippen LogP contribution in [0.2, 0.25) is 0 Å². The van der Waals surface area contributed by atoms with E-state index in [4.69, 9.17) is 0 Å². The van der Waals surface area contributed by atoms with Crippen LogP contribution in [-0.4, -0.2) is 54.3 Å². The standard InChI is InChI=1S/C22H32N6O4S/c1-5-7-8-9-10-15-24-17-16(20(30)26(4)22(32)27(17)12-6-2)18(25-15)33-14(3)19(29)28-13-11-23-21(28)31/h14H,5-13H2,1-4H3,(H,23,31). The fourth-order valence-electron chi connectivity index (χ4n) is 3.83. The predicted molar refractivity (Wildman–Crippen MR) is 128 cm³/mol. The van der Waals surface area contributed by atoms with Crippen LogP contribution in [0.3, 0.4) is 0 Å². The van der Waals surface area contributed by atoms with E-state index in [-0.39, 0.29) is 11.3 Å². The third kappa shape index (κ3) is 5.29. The van der Waals surface area contributed by atoms with Crippen LogP contribution in [0.25, 0.3) is 11.0 Å². The lowest BCUT2D eigenvalue weighted by atomic mass is 10.1. The molecule has 3 amide bonds. The smallest absolute Gasteiger partial charge is 0.332 e. The van der Waals surface area contributed by atoms with Gasteiger partial charge >= 0.3 is 11.7 Å². The van der Waals surface area contributed by atoms with Gasteiger partial charge in [-0.05, 0) is 19.8 Å². The van der Waals surface area contributed by atoms with Crippen molar-refractivity contribution in [3.63, 3.8) is 0 Å². The Hall–Kier alpha value is -2.69. The van der Waals surface area contributed by atoms with Crippen LogP contribution in [0.5, 0.6) is 0 Å². The quantitative estimate of drug-likeness (QED) is 0.317. The maximum Gasteiger partial charge on any atom is 0.332 e. The number of nitrogens with zero attached hydrogens (tertiary/aromatic N) is 5. The van der Waals surface area contributed by atoms with Crippen LogP contribution < -0.4 is 16.6 Å². The summed E-state index contributed by atoms with van der Waals surface area (Å²) in [7, 11) is 1.44. The Kier molecular flexibility index (Phi) is 8.28. The number of carbonyl (C=O) groups is 2. The van der Waals surface area contributed by atoms with Crippen molar-refractivity contribution in [3.8, 4) is 0 Å². The Bertz CT molecular complexity index is 1160. The van der Waals surface area contributed by atoms with Gasteiger partial charge in [-0.3, -0.25) is 23.6 Å². The van der Waals surface area contributed by atoms with Gasteiger partial charge in [0.25, 0.3) is 5.56 Å². The zero-order chi connectivity index (χ0) is 24.1. The highest BCUT2D eigenvalue weighted by Crippen LogP contribution is 2.28. The summed E-state index contributed by atoms with van der Waals surface area (Å²) in [5, 5.41) is 2.59. The number of imide groups is 1. The van der Waals surface area contributed by atoms with Gasteiger partial charge < -0.3 is 5.32 Å². The fourth-order valence-corrected chi connectivity index (χ4v) is 4.85. The van der Waals surface area contributed by atoms with Crippen LogP contribution in [0.15, 0.2) is 14.6 Å². The molecule has 0 aromatic carbocycles. The minimum atomic E-state index is -0.642. The Morgan fingerprint density at radius 2 is 1.88 bits per heavy atom. The van der Waals surface area contributed by atoms with E-state index in [2.05, 4.69) is 22.2 Å². The van der Waals surface area contributed by atoms with E-state index in [0.717, 1.165) is 42.0 Å². The van der Waals surface area contributed by atoms with E-state index >= 15 is 0 Å². The molecule has 1 aliphatic rings. The van der Waals surface area contributed by atoms with Crippen molar-refractivity contribution >= 4 is 34.7 Å². The number of urea groups is 1. The Balaban J connectivity index is 2.08. The summed E-state index contributed by atoms with van der Waals surface area (Å²) in [6, 6.07) is -0.413. The van der Waals surface area contributed by atoms with E-state index in [0.29, 0.717) is 49.0 Å². The molecule has 1 saturated heterocycles. The molecule has 3 rings (SSSR count). The molecule has 1 N–H and O–H groups in total. The number of nitrogens with one attached hydrogen (secondary N) is 1. The molecule has 2 aromatic rings. The number of fused-ring (bicyclic) bond motifs is 1. The molecule has 0 aliphatic carbocycles. The third-order valence-corrected chi connectivity index (χ3v) is 6.73. The molecule has 1 unspecified atom stereocenters. The van der Waals surface area contributed by atoms with Gasteiger partial charge in [0.2, 0.25) is 5.91 Å². The third-order valence-electron chi connectivity index (χ3n) is 5.66. The first kappa shape index (κ1) is 24.9. The second-order valence-corrected chi connectivity index (χ2v) is 9.56. The van der Waals surface area contributed by atoms with Gasteiger partial charge in [-0.2, -0.15) is 0 Å². The molecule has 1 aliphatic heterocycles. The summed E-state index contributed by atoms with van der Waals surface area (Å²) in [4.78, 5) is 61.1. The fraction of sp³-hybridized carbons (Fsp3) is 0.636. The molecule has 0 saturated carbocycles. The lowest BCUT2D eigenvalue weighted by Gasteiger charge is -2.19. The lowest BCUT2D eigenvalue weighted by molar-refractivity contribution is -0.126. The molecule has 2 aromatic heterocycles. The first-order chi connectivity index (χ1) is 15.8. The number of aromatic nitrogens is 4. The lowest BCUT2D eigenvalue weighted by Crippen LogP contribution is -2.40. The van der Waals surface area contributed by atoms with Crippen molar-refractivity contribution in [1.82, 2.24) is 29.3 Å². The van der Waals surface area contributed by atoms with Crippen molar-refractivity contribution in [2.24, 2.45) is 7.05 Å². The van der Waals surface area contributed by atoms with Gasteiger partial charge in [-0.25, -0.2) is 19.6 Å². The number of carbonyl (C=O) groups excluding carboxylic acids is 2. The van der Waals surface area contributed by atoms with Crippen LogP contribution in [0.1, 0.15) is 58.7 Å². The van der Waals surface area contributed by atoms with Gasteiger partial charge in [0.1, 0.15) is 16.2 Å². The molecule has 1 fully saturated rings. The Labute approximate surface area is 196 Å². The summed E-state index contributed by atoms with van der Waals surface area (Å²) in [5.41, 5.74) is -0.591. The van der Waals surface area contributed by atoms with E-state index in [1.807, 2.05) is 6.92 Å². The van der Waals surface area contributed by atoms with E-state index in [1.54, 1.807) is 6.92 Å². The number of rotatable bonds is 10. The highest BCUT2D eigenvalue weighted by atomic mass is 32.2. The molecule has 180 valence electrons. The number of thioether (sulfide) groups is 1. The van der Waals surface area contributed by atoms with Crippen molar-refractivity contribution in [2.75, 3.05) is 13.1 Å². The second-order valence-electron chi connectivity index (χ2n) is 8.23. The van der Waals surface area contributed by atoms with Crippen LogP contribution in [0.4, 0.5) is 4.79 Å². The highest BCUT2D eigenvalue weighted by Gasteiger charge is 2.31. The largest absolute Gasteiger partial charge is 0.336 e. The first-order valence-electron chi connectivity index (χ1n) is 11.6. The molecule has 0 radical (unpaired) electrons. The number of aryl methyl sites for hydroxylation is 2. The average Bonchev–Trinajstić information content (AvgIpc) is 3.23. The summed E-state index contributed by atoms with van der Waals surface area (Å²) >= 11 is 1.13. The first-order valence-corrected chi connectivity index (χ1v) is 12.4. The highest BCUT2D eigenvalue weighted by molar-refractivity contribution is 8.00. The minimum absolute atomic E-state index is 0.235. The normalized spacial score (nSPS) is 14.7. The molecule has 3 heterocycles. The summed E-state index contributed by atoms with van der Waals surface area (Å²) in [5.74, 6) is 0.210. The van der Waals surface area contributed by atoms with E-state index in [1.165, 1.54) is 16.5 Å². The summed E-state index contributed by atoms with van der Waals surface area (Å²) < 4.78 is 2.57. The van der Waals surface area contributed by atoms with Gasteiger partial charge in [0.15, 0.2) is 5.65 Å². The molecule has 0 spiro atoms. The molecular formula is C22H32N6O4S. The van der Waals surface area contributed by atoms with Gasteiger partial charge in [-0.1, -0.05) is 44.9 Å². The zero-order valence-electron chi connectivity index (χ0n) is 19.7. The van der Waals surface area contributed by atoms with Crippen molar-refractivity contribution in [2.45, 2.75) is 76.1 Å². The second kappa shape index (κ2) is 11.0. The molecular weight excluding hydrogens is 444 g/mol. The molecule has 33 heavy (non-hydrogen) atoms. The predicted octanol–water partition coefficient (Wildman–Crippen LogP) is 2.06. The maximum atomic E-state index is 13.1. The number of hydrogen-bond acceptors (Lipinski definition) is 7. The maximum absolute atomic E-state index is 13.1. The molecule has 0 bridgehead atoms. The van der Waals surface area contributed by atoms with Gasteiger partial charge in [0.05, 0.1) is 5.25 Å². The Morgan fingerprint density at radius 1 is 1.12 bits per heavy atom. The SMILES string of the molecule is CCCCCCc1nc(SC(C)C(=O)N2CCNC2=O)c2c(=O)n(C)c(=O)n(CCC)c2n1. The topological polar surface area (TPSA) is 119 Å². The Morgan fingerprint density at radius 3 is 2.52 bits per heavy atom. The van der Waals surface area contributed by atoms with Crippen molar-refractivity contribution < 1.29 is 9.59 Å². The molecule has 1 atom stereocenters. The minimum Gasteiger partial charge on any atom is -0.336 e. The van der Waals surface area contributed by atoms with Crippen LogP contribution >= 0.6 is 11.8 Å². The average molecular weight is 477 g/mol. The number of hydrogen-bond donors (Lipinski definition) is 1. The van der Waals surface area contributed by atoms with Crippen molar-refractivity contribution in [3.05, 3.63) is 26.7 Å². The number of amides is 3. The summed E-state index contributed by atoms with van der Waals surface area (Å²) in [6.45, 7) is 6.94. The van der Waals surface area contributed by atoms with Crippen LogP contribution in [0, 0.1) is 0 Å². The number of unbranched alkanes of at least 4 members (excludes halogenated alkanes) is 3. The summed E-state index contributed by atoms with van der Waals surface area (Å²) in [6.07, 6.45) is 5.47. The van der Waals surface area contributed by atoms with Crippen LogP contribution in [-0.2, 0) is 24.8 Å². The molecule has 10 nitrogen and oxygen atoms in total. The molecule has 11 heteroatoms. The van der Waals surface area contributed by atoms with Gasteiger partial charge in [0, 0.05) is 33.1 Å². The van der Waals surface area contributed by atoms with E-state index in [9.17, 15) is 19.2 Å². The van der Waals surface area contributed by atoms with Crippen molar-refractivity contribution in [1.29, 1.82) is 0 Å².